The summed E-state index contributed by atoms with van der Waals surface area (Å²) in [6, 6.07) is 22.5. The number of nitrogens with one attached hydrogen (secondary N) is 2. The van der Waals surface area contributed by atoms with Gasteiger partial charge in [0.05, 0.1) is 7.11 Å². The summed E-state index contributed by atoms with van der Waals surface area (Å²) in [5.74, 6) is 1.91. The molecule has 0 bridgehead atoms. The van der Waals surface area contributed by atoms with Gasteiger partial charge < -0.3 is 15.4 Å². The number of nitrogens with zero attached hydrogens (tertiary/aromatic N) is 3. The Kier molecular flexibility index (Phi) is 6.38. The summed E-state index contributed by atoms with van der Waals surface area (Å²) in [6.45, 7) is 0.759. The van der Waals surface area contributed by atoms with Gasteiger partial charge in [0.15, 0.2) is 0 Å². The van der Waals surface area contributed by atoms with E-state index in [4.69, 9.17) is 4.74 Å². The number of rotatable bonds is 8. The molecule has 156 valence electrons. The van der Waals surface area contributed by atoms with E-state index in [1.807, 2.05) is 61.8 Å². The van der Waals surface area contributed by atoms with Gasteiger partial charge in [0.2, 0.25) is 11.8 Å². The average molecular weight is 412 g/mol. The van der Waals surface area contributed by atoms with Gasteiger partial charge in [-0.25, -0.2) is 9.97 Å². The highest BCUT2D eigenvalue weighted by molar-refractivity contribution is 5.80. The van der Waals surface area contributed by atoms with Crippen LogP contribution in [0.3, 0.4) is 0 Å². The Bertz CT molecular complexity index is 1130. The summed E-state index contributed by atoms with van der Waals surface area (Å²) < 4.78 is 5.48. The van der Waals surface area contributed by atoms with Crippen LogP contribution in [0.2, 0.25) is 0 Å². The predicted molar refractivity (Wildman–Crippen MR) is 125 cm³/mol. The lowest BCUT2D eigenvalue weighted by molar-refractivity contribution is 0.400. The Morgan fingerprint density at radius 1 is 0.839 bits per heavy atom. The summed E-state index contributed by atoms with van der Waals surface area (Å²) in [5, 5.41) is 6.48. The number of anilines is 2. The van der Waals surface area contributed by atoms with Gasteiger partial charge in [-0.05, 0) is 23.6 Å². The second-order valence-corrected chi connectivity index (χ2v) is 7.02. The molecular weight excluding hydrogens is 386 g/mol. The largest absolute Gasteiger partial charge is 0.481 e. The minimum atomic E-state index is 0.584. The van der Waals surface area contributed by atoms with Crippen molar-refractivity contribution in [3.63, 3.8) is 0 Å². The third-order valence-corrected chi connectivity index (χ3v) is 5.01. The summed E-state index contributed by atoms with van der Waals surface area (Å²) >= 11 is 0. The fraction of sp³-hybridized carbons (Fsp3) is 0.160. The molecule has 0 aliphatic carbocycles. The van der Waals surface area contributed by atoms with E-state index in [9.17, 15) is 0 Å². The molecule has 0 saturated heterocycles. The fourth-order valence-electron chi connectivity index (χ4n) is 3.42. The van der Waals surface area contributed by atoms with Crippen LogP contribution in [0, 0.1) is 0 Å². The Balaban J connectivity index is 1.58. The highest BCUT2D eigenvalue weighted by Gasteiger charge is 2.13. The molecule has 6 nitrogen and oxygen atoms in total. The summed E-state index contributed by atoms with van der Waals surface area (Å²) in [5.41, 5.74) is 5.04. The molecule has 6 heteroatoms. The molecule has 31 heavy (non-hydrogen) atoms. The number of ether oxygens (including phenoxy) is 1. The first-order valence-electron chi connectivity index (χ1n) is 10.2. The van der Waals surface area contributed by atoms with Crippen molar-refractivity contribution >= 4 is 11.8 Å². The molecule has 0 amide bonds. The lowest BCUT2D eigenvalue weighted by atomic mass is 10.0. The van der Waals surface area contributed by atoms with Crippen molar-refractivity contribution in [1.82, 2.24) is 15.0 Å². The molecule has 0 aliphatic heterocycles. The summed E-state index contributed by atoms with van der Waals surface area (Å²) in [7, 11) is 3.49. The molecule has 2 aromatic heterocycles. The first-order valence-corrected chi connectivity index (χ1v) is 10.2. The normalized spacial score (nSPS) is 10.5. The lowest BCUT2D eigenvalue weighted by Gasteiger charge is -2.13. The second kappa shape index (κ2) is 9.71. The topological polar surface area (TPSA) is 72.0 Å². The third-order valence-electron chi connectivity index (χ3n) is 5.01. The standard InChI is InChI=1S/C25H25N5O/c1-26-23-22(17-29-25(30-23)27-14-13-18-9-5-3-6-10-18)20-15-21(24(31-2)28-16-20)19-11-7-4-8-12-19/h3-12,15-17H,13-14H2,1-2H3,(H2,26,27,29,30). The molecular formula is C25H25N5O. The smallest absolute Gasteiger partial charge is 0.224 e. The predicted octanol–water partition coefficient (Wildman–Crippen LogP) is 4.91. The maximum Gasteiger partial charge on any atom is 0.224 e. The van der Waals surface area contributed by atoms with Gasteiger partial charge in [-0.15, -0.1) is 0 Å². The molecule has 0 unspecified atom stereocenters. The minimum absolute atomic E-state index is 0.584. The Morgan fingerprint density at radius 2 is 1.58 bits per heavy atom. The van der Waals surface area contributed by atoms with Gasteiger partial charge in [0.25, 0.3) is 0 Å². The zero-order chi connectivity index (χ0) is 21.5. The number of hydrogen-bond donors (Lipinski definition) is 2. The molecule has 0 radical (unpaired) electrons. The number of hydrogen-bond acceptors (Lipinski definition) is 6. The van der Waals surface area contributed by atoms with Crippen molar-refractivity contribution in [2.45, 2.75) is 6.42 Å². The van der Waals surface area contributed by atoms with Crippen LogP contribution in [0.1, 0.15) is 5.56 Å². The number of methoxy groups -OCH3 is 1. The van der Waals surface area contributed by atoms with Gasteiger partial charge in [-0.2, -0.15) is 4.98 Å². The van der Waals surface area contributed by atoms with E-state index in [1.165, 1.54) is 5.56 Å². The van der Waals surface area contributed by atoms with E-state index in [-0.39, 0.29) is 0 Å². The Morgan fingerprint density at radius 3 is 2.29 bits per heavy atom. The molecule has 0 saturated carbocycles. The van der Waals surface area contributed by atoms with Crippen LogP contribution in [0.4, 0.5) is 11.8 Å². The molecule has 2 aromatic carbocycles. The maximum absolute atomic E-state index is 5.48. The van der Waals surface area contributed by atoms with E-state index in [2.05, 4.69) is 43.8 Å². The Hall–Kier alpha value is -3.93. The van der Waals surface area contributed by atoms with Crippen molar-refractivity contribution < 1.29 is 4.74 Å². The van der Waals surface area contributed by atoms with E-state index >= 15 is 0 Å². The molecule has 0 aliphatic rings. The fourth-order valence-corrected chi connectivity index (χ4v) is 3.42. The van der Waals surface area contributed by atoms with E-state index in [1.54, 1.807) is 13.3 Å². The summed E-state index contributed by atoms with van der Waals surface area (Å²) in [4.78, 5) is 13.7. The van der Waals surface area contributed by atoms with Crippen molar-refractivity contribution in [3.05, 3.63) is 84.7 Å². The lowest BCUT2D eigenvalue weighted by Crippen LogP contribution is -2.09. The monoisotopic (exact) mass is 411 g/mol. The average Bonchev–Trinajstić information content (AvgIpc) is 2.85. The van der Waals surface area contributed by atoms with Gasteiger partial charge in [-0.3, -0.25) is 0 Å². The number of pyridine rings is 1. The van der Waals surface area contributed by atoms with Crippen molar-refractivity contribution in [2.75, 3.05) is 31.3 Å². The third kappa shape index (κ3) is 4.80. The number of aromatic nitrogens is 3. The quantitative estimate of drug-likeness (QED) is 0.429. The van der Waals surface area contributed by atoms with E-state index < -0.39 is 0 Å². The van der Waals surface area contributed by atoms with E-state index in [0.717, 1.165) is 41.0 Å². The molecule has 0 spiro atoms. The molecule has 0 fully saturated rings. The Labute approximate surface area is 182 Å². The first kappa shape index (κ1) is 20.3. The van der Waals surface area contributed by atoms with Crippen LogP contribution in [0.15, 0.2) is 79.1 Å². The van der Waals surface area contributed by atoms with Gasteiger partial charge >= 0.3 is 0 Å². The molecule has 4 aromatic rings. The highest BCUT2D eigenvalue weighted by atomic mass is 16.5. The van der Waals surface area contributed by atoms with E-state index in [0.29, 0.717) is 11.8 Å². The van der Waals surface area contributed by atoms with Crippen LogP contribution in [-0.2, 0) is 6.42 Å². The van der Waals surface area contributed by atoms with Crippen LogP contribution in [0.5, 0.6) is 5.88 Å². The van der Waals surface area contributed by atoms with Crippen molar-refractivity contribution in [3.8, 4) is 28.1 Å². The van der Waals surface area contributed by atoms with Crippen LogP contribution in [-0.4, -0.2) is 35.7 Å². The zero-order valence-electron chi connectivity index (χ0n) is 17.7. The summed E-state index contributed by atoms with van der Waals surface area (Å²) in [6.07, 6.45) is 4.51. The first-order chi connectivity index (χ1) is 15.3. The molecule has 2 N–H and O–H groups in total. The zero-order valence-corrected chi connectivity index (χ0v) is 17.7. The van der Waals surface area contributed by atoms with Crippen molar-refractivity contribution in [1.29, 1.82) is 0 Å². The molecule has 0 atom stereocenters. The van der Waals surface area contributed by atoms with Crippen molar-refractivity contribution in [2.24, 2.45) is 0 Å². The second-order valence-electron chi connectivity index (χ2n) is 7.02. The van der Waals surface area contributed by atoms with Crippen LogP contribution >= 0.6 is 0 Å². The highest BCUT2D eigenvalue weighted by Crippen LogP contribution is 2.34. The molecule has 4 rings (SSSR count). The minimum Gasteiger partial charge on any atom is -0.481 e. The van der Waals surface area contributed by atoms with Gasteiger partial charge in [-0.1, -0.05) is 60.7 Å². The molecule has 2 heterocycles. The van der Waals surface area contributed by atoms with Crippen LogP contribution < -0.4 is 15.4 Å². The maximum atomic E-state index is 5.48. The van der Waals surface area contributed by atoms with Gasteiger partial charge in [0.1, 0.15) is 5.82 Å². The SMILES string of the molecule is CNc1nc(NCCc2ccccc2)ncc1-c1cnc(OC)c(-c2ccccc2)c1. The van der Waals surface area contributed by atoms with Gasteiger partial charge in [0, 0.05) is 42.7 Å². The van der Waals surface area contributed by atoms with Crippen LogP contribution in [0.25, 0.3) is 22.3 Å². The number of benzene rings is 2.